The summed E-state index contributed by atoms with van der Waals surface area (Å²) in [7, 11) is 0. The number of hydrogen-bond acceptors (Lipinski definition) is 3. The van der Waals surface area contributed by atoms with Crippen molar-refractivity contribution in [1.82, 2.24) is 9.97 Å². The van der Waals surface area contributed by atoms with E-state index in [1.165, 1.54) is 32.1 Å². The summed E-state index contributed by atoms with van der Waals surface area (Å²) in [6.45, 7) is 2.01. The summed E-state index contributed by atoms with van der Waals surface area (Å²) in [6.07, 6.45) is 7.87. The molecular formula is C11H15Cl2N3. The standard InChI is InChI=1S/C11H15Cl2N3/c12-9-8-14-11(13)15-10(9)16-6-4-2-1-3-5-7-16/h8H,1-7H2. The Morgan fingerprint density at radius 3 is 2.31 bits per heavy atom. The Labute approximate surface area is 106 Å². The number of aromatic nitrogens is 2. The summed E-state index contributed by atoms with van der Waals surface area (Å²) >= 11 is 11.9. The van der Waals surface area contributed by atoms with E-state index in [4.69, 9.17) is 23.2 Å². The molecule has 1 aromatic rings. The Bertz CT molecular complexity index is 349. The fourth-order valence-electron chi connectivity index (χ4n) is 2.02. The lowest BCUT2D eigenvalue weighted by Gasteiger charge is -2.26. The maximum atomic E-state index is 6.10. The van der Waals surface area contributed by atoms with E-state index in [-0.39, 0.29) is 5.28 Å². The molecule has 0 spiro atoms. The Kier molecular flexibility index (Phi) is 4.24. The normalized spacial score (nSPS) is 18.0. The molecular weight excluding hydrogens is 245 g/mol. The Morgan fingerprint density at radius 1 is 1.00 bits per heavy atom. The molecule has 0 amide bonds. The molecule has 16 heavy (non-hydrogen) atoms. The molecule has 1 aromatic heterocycles. The van der Waals surface area contributed by atoms with Crippen LogP contribution in [0.5, 0.6) is 0 Å². The average molecular weight is 260 g/mol. The summed E-state index contributed by atoms with van der Waals surface area (Å²) in [5, 5.41) is 0.853. The van der Waals surface area contributed by atoms with Gasteiger partial charge in [-0.25, -0.2) is 4.98 Å². The van der Waals surface area contributed by atoms with Crippen molar-refractivity contribution in [3.63, 3.8) is 0 Å². The lowest BCUT2D eigenvalue weighted by atomic mass is 10.1. The van der Waals surface area contributed by atoms with Gasteiger partial charge in [0.05, 0.1) is 6.20 Å². The molecule has 1 aliphatic heterocycles. The zero-order valence-corrected chi connectivity index (χ0v) is 10.6. The molecule has 1 fully saturated rings. The van der Waals surface area contributed by atoms with Crippen molar-refractivity contribution in [3.05, 3.63) is 16.5 Å². The van der Waals surface area contributed by atoms with Gasteiger partial charge < -0.3 is 4.90 Å². The first kappa shape index (κ1) is 11.9. The van der Waals surface area contributed by atoms with E-state index in [1.807, 2.05) is 0 Å². The van der Waals surface area contributed by atoms with Gasteiger partial charge in [-0.05, 0) is 24.4 Å². The number of halogens is 2. The summed E-state index contributed by atoms with van der Waals surface area (Å²) in [5.74, 6) is 0.781. The van der Waals surface area contributed by atoms with Gasteiger partial charge in [-0.15, -0.1) is 0 Å². The van der Waals surface area contributed by atoms with E-state index in [9.17, 15) is 0 Å². The SMILES string of the molecule is Clc1ncc(Cl)c(N2CCCCCCC2)n1. The van der Waals surface area contributed by atoms with Crippen molar-refractivity contribution in [1.29, 1.82) is 0 Å². The van der Waals surface area contributed by atoms with Crippen LogP contribution < -0.4 is 4.90 Å². The summed E-state index contributed by atoms with van der Waals surface area (Å²) < 4.78 is 0. The van der Waals surface area contributed by atoms with Crippen LogP contribution in [0.25, 0.3) is 0 Å². The van der Waals surface area contributed by atoms with Crippen molar-refractivity contribution in [2.24, 2.45) is 0 Å². The van der Waals surface area contributed by atoms with Gasteiger partial charge in [0.15, 0.2) is 5.82 Å². The van der Waals surface area contributed by atoms with E-state index < -0.39 is 0 Å². The maximum Gasteiger partial charge on any atom is 0.224 e. The first-order chi connectivity index (χ1) is 7.77. The zero-order valence-electron chi connectivity index (χ0n) is 9.12. The molecule has 5 heteroatoms. The third kappa shape index (κ3) is 2.98. The topological polar surface area (TPSA) is 29.0 Å². The third-order valence-electron chi connectivity index (χ3n) is 2.85. The highest BCUT2D eigenvalue weighted by molar-refractivity contribution is 6.33. The molecule has 0 atom stereocenters. The fraction of sp³-hybridized carbons (Fsp3) is 0.636. The second-order valence-electron chi connectivity index (χ2n) is 4.07. The van der Waals surface area contributed by atoms with Gasteiger partial charge in [0.1, 0.15) is 5.02 Å². The molecule has 0 aromatic carbocycles. The van der Waals surface area contributed by atoms with Crippen LogP contribution in [0.15, 0.2) is 6.20 Å². The number of hydrogen-bond donors (Lipinski definition) is 0. The van der Waals surface area contributed by atoms with E-state index in [0.717, 1.165) is 18.9 Å². The van der Waals surface area contributed by atoms with Gasteiger partial charge in [0.25, 0.3) is 0 Å². The second-order valence-corrected chi connectivity index (χ2v) is 4.81. The summed E-state index contributed by atoms with van der Waals surface area (Å²) in [5.41, 5.74) is 0. The van der Waals surface area contributed by atoms with E-state index >= 15 is 0 Å². The minimum atomic E-state index is 0.265. The quantitative estimate of drug-likeness (QED) is 0.723. The molecule has 2 rings (SSSR count). The van der Waals surface area contributed by atoms with Gasteiger partial charge >= 0.3 is 0 Å². The van der Waals surface area contributed by atoms with Gasteiger partial charge in [0.2, 0.25) is 5.28 Å². The largest absolute Gasteiger partial charge is 0.355 e. The number of rotatable bonds is 1. The Balaban J connectivity index is 2.16. The predicted octanol–water partition coefficient (Wildman–Crippen LogP) is 3.55. The molecule has 0 saturated carbocycles. The predicted molar refractivity (Wildman–Crippen MR) is 67.4 cm³/mol. The van der Waals surface area contributed by atoms with Crippen molar-refractivity contribution < 1.29 is 0 Å². The molecule has 0 bridgehead atoms. The molecule has 0 unspecified atom stereocenters. The molecule has 0 aliphatic carbocycles. The van der Waals surface area contributed by atoms with Crippen molar-refractivity contribution in [2.75, 3.05) is 18.0 Å². The average Bonchev–Trinajstić information content (AvgIpc) is 2.22. The smallest absolute Gasteiger partial charge is 0.224 e. The van der Waals surface area contributed by atoms with Crippen LogP contribution in [0.3, 0.4) is 0 Å². The molecule has 3 nitrogen and oxygen atoms in total. The van der Waals surface area contributed by atoms with Crippen LogP contribution in [0.4, 0.5) is 5.82 Å². The third-order valence-corrected chi connectivity index (χ3v) is 3.30. The highest BCUT2D eigenvalue weighted by Crippen LogP contribution is 2.25. The van der Waals surface area contributed by atoms with Crippen LogP contribution in [0.1, 0.15) is 32.1 Å². The minimum Gasteiger partial charge on any atom is -0.355 e. The van der Waals surface area contributed by atoms with Crippen molar-refractivity contribution in [3.8, 4) is 0 Å². The first-order valence-electron chi connectivity index (χ1n) is 5.70. The highest BCUT2D eigenvalue weighted by Gasteiger charge is 2.14. The highest BCUT2D eigenvalue weighted by atomic mass is 35.5. The van der Waals surface area contributed by atoms with E-state index in [1.54, 1.807) is 6.20 Å². The van der Waals surface area contributed by atoms with Gasteiger partial charge in [-0.3, -0.25) is 0 Å². The molecule has 1 saturated heterocycles. The van der Waals surface area contributed by atoms with Crippen LogP contribution >= 0.6 is 23.2 Å². The zero-order chi connectivity index (χ0) is 11.4. The molecule has 1 aliphatic rings. The fourth-order valence-corrected chi connectivity index (χ4v) is 2.36. The Hall–Kier alpha value is -0.540. The summed E-state index contributed by atoms with van der Waals surface area (Å²) in [4.78, 5) is 10.3. The van der Waals surface area contributed by atoms with E-state index in [2.05, 4.69) is 14.9 Å². The Morgan fingerprint density at radius 2 is 1.62 bits per heavy atom. The van der Waals surface area contributed by atoms with Crippen molar-refractivity contribution in [2.45, 2.75) is 32.1 Å². The van der Waals surface area contributed by atoms with Crippen molar-refractivity contribution >= 4 is 29.0 Å². The van der Waals surface area contributed by atoms with Gasteiger partial charge in [-0.2, -0.15) is 4.98 Å². The number of nitrogens with zero attached hydrogens (tertiary/aromatic N) is 3. The molecule has 0 radical (unpaired) electrons. The van der Waals surface area contributed by atoms with Crippen LogP contribution in [-0.2, 0) is 0 Å². The van der Waals surface area contributed by atoms with Crippen LogP contribution in [0.2, 0.25) is 10.3 Å². The lowest BCUT2D eigenvalue weighted by Crippen LogP contribution is -2.28. The maximum absolute atomic E-state index is 6.10. The first-order valence-corrected chi connectivity index (χ1v) is 6.46. The molecule has 88 valence electrons. The second kappa shape index (κ2) is 5.69. The number of anilines is 1. The minimum absolute atomic E-state index is 0.265. The van der Waals surface area contributed by atoms with E-state index in [0.29, 0.717) is 5.02 Å². The molecule has 2 heterocycles. The molecule has 0 N–H and O–H groups in total. The van der Waals surface area contributed by atoms with Crippen LogP contribution in [0, 0.1) is 0 Å². The van der Waals surface area contributed by atoms with Crippen LogP contribution in [-0.4, -0.2) is 23.1 Å². The monoisotopic (exact) mass is 259 g/mol. The lowest BCUT2D eigenvalue weighted by molar-refractivity contribution is 0.553. The summed E-state index contributed by atoms with van der Waals surface area (Å²) in [6, 6.07) is 0. The van der Waals surface area contributed by atoms with Gasteiger partial charge in [-0.1, -0.05) is 30.9 Å². The van der Waals surface area contributed by atoms with Gasteiger partial charge in [0, 0.05) is 13.1 Å².